The van der Waals surface area contributed by atoms with E-state index in [1.807, 2.05) is 59.9 Å². The van der Waals surface area contributed by atoms with Crippen molar-refractivity contribution >= 4 is 39.9 Å². The number of rotatable bonds is 5. The fraction of sp³-hybridized carbons (Fsp3) is 0.0800. The van der Waals surface area contributed by atoms with Gasteiger partial charge >= 0.3 is 0 Å². The van der Waals surface area contributed by atoms with E-state index < -0.39 is 0 Å². The highest BCUT2D eigenvalue weighted by Crippen LogP contribution is 2.29. The molecule has 0 saturated carbocycles. The molecule has 1 N–H and O–H groups in total. The minimum atomic E-state index is -0.197. The van der Waals surface area contributed by atoms with Gasteiger partial charge in [-0.05, 0) is 37.3 Å². The van der Waals surface area contributed by atoms with Crippen LogP contribution in [-0.2, 0) is 4.79 Å². The molecule has 0 saturated heterocycles. The van der Waals surface area contributed by atoms with Crippen LogP contribution in [0.5, 0.6) is 0 Å². The summed E-state index contributed by atoms with van der Waals surface area (Å²) in [6.07, 6.45) is 0. The van der Waals surface area contributed by atoms with Crippen molar-refractivity contribution in [3.05, 3.63) is 83.9 Å². The van der Waals surface area contributed by atoms with Crippen LogP contribution in [0.4, 0.5) is 5.69 Å². The zero-order valence-corrected chi connectivity index (χ0v) is 18.5. The lowest BCUT2D eigenvalue weighted by atomic mass is 10.1. The van der Waals surface area contributed by atoms with Crippen molar-refractivity contribution in [2.75, 3.05) is 11.1 Å². The largest absolute Gasteiger partial charge is 0.325 e. The summed E-state index contributed by atoms with van der Waals surface area (Å²) >= 11 is 1.29. The quantitative estimate of drug-likeness (QED) is 0.384. The molecule has 0 unspecified atom stereocenters. The molecule has 3 aromatic carbocycles. The molecule has 5 aromatic rings. The van der Waals surface area contributed by atoms with Gasteiger partial charge in [-0.1, -0.05) is 59.8 Å². The zero-order valence-electron chi connectivity index (χ0n) is 17.7. The Morgan fingerprint density at radius 2 is 1.88 bits per heavy atom. The SMILES string of the molecule is Cc1ccc(-c2nc3ccccc3c3nnc(SCC(=O)Nc4cccc(C#N)c4)n23)cc1. The summed E-state index contributed by atoms with van der Waals surface area (Å²) in [5.74, 6) is 0.661. The molecule has 2 aromatic heterocycles. The Kier molecular flexibility index (Phi) is 5.47. The van der Waals surface area contributed by atoms with E-state index in [1.165, 1.54) is 11.8 Å². The summed E-state index contributed by atoms with van der Waals surface area (Å²) in [6.45, 7) is 2.04. The van der Waals surface area contributed by atoms with Gasteiger partial charge in [0.2, 0.25) is 5.91 Å². The molecule has 0 aliphatic carbocycles. The van der Waals surface area contributed by atoms with Gasteiger partial charge in [0.1, 0.15) is 5.82 Å². The number of fused-ring (bicyclic) bond motifs is 3. The van der Waals surface area contributed by atoms with Crippen molar-refractivity contribution in [2.45, 2.75) is 12.1 Å². The average molecular weight is 451 g/mol. The van der Waals surface area contributed by atoms with Crippen LogP contribution >= 0.6 is 11.8 Å². The fourth-order valence-corrected chi connectivity index (χ4v) is 4.28. The molecule has 0 radical (unpaired) electrons. The van der Waals surface area contributed by atoms with Crippen LogP contribution in [0.3, 0.4) is 0 Å². The lowest BCUT2D eigenvalue weighted by Crippen LogP contribution is -2.14. The molecule has 0 aliphatic rings. The van der Waals surface area contributed by atoms with Gasteiger partial charge in [-0.2, -0.15) is 5.26 Å². The predicted octanol–water partition coefficient (Wildman–Crippen LogP) is 4.86. The van der Waals surface area contributed by atoms with E-state index >= 15 is 0 Å². The molecule has 8 heteroatoms. The topological polar surface area (TPSA) is 96.0 Å². The molecule has 2 heterocycles. The number of aryl methyl sites for hydroxylation is 1. The Hall–Kier alpha value is -4.22. The highest BCUT2D eigenvalue weighted by Gasteiger charge is 2.17. The van der Waals surface area contributed by atoms with E-state index in [9.17, 15) is 4.79 Å². The number of nitrogens with zero attached hydrogens (tertiary/aromatic N) is 5. The fourth-order valence-electron chi connectivity index (χ4n) is 3.54. The predicted molar refractivity (Wildman–Crippen MR) is 129 cm³/mol. The third-order valence-electron chi connectivity index (χ3n) is 5.13. The lowest BCUT2D eigenvalue weighted by molar-refractivity contribution is -0.113. The summed E-state index contributed by atoms with van der Waals surface area (Å²) in [4.78, 5) is 17.4. The van der Waals surface area contributed by atoms with Gasteiger partial charge in [0.05, 0.1) is 22.9 Å². The third kappa shape index (κ3) is 4.14. The van der Waals surface area contributed by atoms with Crippen molar-refractivity contribution in [3.8, 4) is 17.5 Å². The second kappa shape index (κ2) is 8.73. The summed E-state index contributed by atoms with van der Waals surface area (Å²) < 4.78 is 1.90. The van der Waals surface area contributed by atoms with Crippen LogP contribution in [-0.4, -0.2) is 31.2 Å². The molecular weight excluding hydrogens is 432 g/mol. The molecule has 0 aliphatic heterocycles. The second-order valence-electron chi connectivity index (χ2n) is 7.49. The zero-order chi connectivity index (χ0) is 22.8. The summed E-state index contributed by atoms with van der Waals surface area (Å²) in [5.41, 5.74) is 4.70. The van der Waals surface area contributed by atoms with Crippen molar-refractivity contribution in [1.29, 1.82) is 5.26 Å². The second-order valence-corrected chi connectivity index (χ2v) is 8.43. The molecule has 160 valence electrons. The monoisotopic (exact) mass is 450 g/mol. The molecular formula is C25H18N6OS. The molecule has 0 spiro atoms. The minimum absolute atomic E-state index is 0.137. The average Bonchev–Trinajstić information content (AvgIpc) is 3.27. The van der Waals surface area contributed by atoms with Crippen molar-refractivity contribution in [3.63, 3.8) is 0 Å². The molecule has 7 nitrogen and oxygen atoms in total. The third-order valence-corrected chi connectivity index (χ3v) is 6.06. The van der Waals surface area contributed by atoms with Gasteiger partial charge in [0.25, 0.3) is 0 Å². The minimum Gasteiger partial charge on any atom is -0.325 e. The van der Waals surface area contributed by atoms with E-state index in [2.05, 4.69) is 21.6 Å². The highest BCUT2D eigenvalue weighted by atomic mass is 32.2. The normalized spacial score (nSPS) is 10.9. The number of anilines is 1. The van der Waals surface area contributed by atoms with E-state index in [1.54, 1.807) is 24.3 Å². The van der Waals surface area contributed by atoms with E-state index in [0.717, 1.165) is 27.9 Å². The van der Waals surface area contributed by atoms with E-state index in [0.29, 0.717) is 22.1 Å². The van der Waals surface area contributed by atoms with Crippen molar-refractivity contribution in [1.82, 2.24) is 19.6 Å². The number of para-hydroxylation sites is 1. The van der Waals surface area contributed by atoms with Crippen LogP contribution in [0.15, 0.2) is 78.0 Å². The van der Waals surface area contributed by atoms with Crippen molar-refractivity contribution in [2.24, 2.45) is 0 Å². The van der Waals surface area contributed by atoms with Crippen LogP contribution in [0.25, 0.3) is 27.9 Å². The van der Waals surface area contributed by atoms with Gasteiger partial charge in [0, 0.05) is 16.6 Å². The molecule has 1 amide bonds. The first-order valence-corrected chi connectivity index (χ1v) is 11.2. The van der Waals surface area contributed by atoms with E-state index in [4.69, 9.17) is 10.2 Å². The number of nitriles is 1. The molecule has 0 fully saturated rings. The van der Waals surface area contributed by atoms with Crippen molar-refractivity contribution < 1.29 is 4.79 Å². The number of benzene rings is 3. The van der Waals surface area contributed by atoms with Gasteiger partial charge in [0.15, 0.2) is 10.8 Å². The molecule has 33 heavy (non-hydrogen) atoms. The number of amides is 1. The first-order chi connectivity index (χ1) is 16.1. The highest BCUT2D eigenvalue weighted by molar-refractivity contribution is 7.99. The Balaban J connectivity index is 1.49. The summed E-state index contributed by atoms with van der Waals surface area (Å²) in [7, 11) is 0. The maximum atomic E-state index is 12.6. The van der Waals surface area contributed by atoms with Gasteiger partial charge in [-0.3, -0.25) is 9.20 Å². The maximum absolute atomic E-state index is 12.6. The van der Waals surface area contributed by atoms with Crippen LogP contribution in [0.1, 0.15) is 11.1 Å². The Bertz CT molecular complexity index is 1530. The lowest BCUT2D eigenvalue weighted by Gasteiger charge is -2.10. The number of thioether (sulfide) groups is 1. The van der Waals surface area contributed by atoms with Gasteiger partial charge in [-0.15, -0.1) is 10.2 Å². The Labute approximate surface area is 194 Å². The number of carbonyl (C=O) groups is 1. The van der Waals surface area contributed by atoms with Gasteiger partial charge in [-0.25, -0.2) is 4.98 Å². The number of carbonyl (C=O) groups excluding carboxylic acids is 1. The molecule has 0 atom stereocenters. The number of hydrogen-bond donors (Lipinski definition) is 1. The Morgan fingerprint density at radius 3 is 2.70 bits per heavy atom. The van der Waals surface area contributed by atoms with Crippen LogP contribution in [0, 0.1) is 18.3 Å². The standard InChI is InChI=1S/C25H18N6OS/c1-16-9-11-18(12-10-16)23-28-21-8-3-2-7-20(21)24-29-30-25(31(23)24)33-15-22(32)27-19-6-4-5-17(13-19)14-26/h2-13H,15H2,1H3,(H,27,32). The first kappa shape index (κ1) is 20.7. The molecule has 0 bridgehead atoms. The van der Waals surface area contributed by atoms with Gasteiger partial charge < -0.3 is 5.32 Å². The smallest absolute Gasteiger partial charge is 0.234 e. The first-order valence-electron chi connectivity index (χ1n) is 10.3. The van der Waals surface area contributed by atoms with E-state index in [-0.39, 0.29) is 11.7 Å². The number of aromatic nitrogens is 4. The number of hydrogen-bond acceptors (Lipinski definition) is 6. The Morgan fingerprint density at radius 1 is 1.06 bits per heavy atom. The number of nitrogens with one attached hydrogen (secondary N) is 1. The van der Waals surface area contributed by atoms with Crippen LogP contribution < -0.4 is 5.32 Å². The summed E-state index contributed by atoms with van der Waals surface area (Å²) in [6, 6.07) is 24.8. The maximum Gasteiger partial charge on any atom is 0.234 e. The van der Waals surface area contributed by atoms with Crippen LogP contribution in [0.2, 0.25) is 0 Å². The molecule has 5 rings (SSSR count). The summed E-state index contributed by atoms with van der Waals surface area (Å²) in [5, 5.41) is 22.1.